The minimum atomic E-state index is -0.887. The molecule has 1 aromatic rings. The van der Waals surface area contributed by atoms with Gasteiger partial charge in [0, 0.05) is 25.1 Å². The number of halogens is 2. The molecule has 1 fully saturated rings. The third kappa shape index (κ3) is 3.76. The number of benzene rings is 1. The molecule has 1 atom stereocenters. The number of likely N-dealkylation sites (tertiary alicyclic amines) is 1. The summed E-state index contributed by atoms with van der Waals surface area (Å²) in [5.41, 5.74) is -0.491. The SMILES string of the molecule is CC(C)N1CCCC(O)(Cc2ccc(F)cc2F)CC1. The standard InChI is InChI=1S/C16H23F2NO/c1-12(2)19-8-3-6-16(20,7-9-19)11-13-4-5-14(17)10-15(13)18/h4-5,10,12,20H,3,6-9,11H2,1-2H3. The summed E-state index contributed by atoms with van der Waals surface area (Å²) in [4.78, 5) is 2.33. The summed E-state index contributed by atoms with van der Waals surface area (Å²) in [7, 11) is 0. The van der Waals surface area contributed by atoms with E-state index in [4.69, 9.17) is 0 Å². The first-order valence-corrected chi connectivity index (χ1v) is 7.30. The Morgan fingerprint density at radius 3 is 2.65 bits per heavy atom. The van der Waals surface area contributed by atoms with Gasteiger partial charge in [-0.05, 0) is 51.3 Å². The Morgan fingerprint density at radius 1 is 1.25 bits per heavy atom. The number of nitrogens with zero attached hydrogens (tertiary/aromatic N) is 1. The maximum Gasteiger partial charge on any atom is 0.129 e. The van der Waals surface area contributed by atoms with Gasteiger partial charge in [-0.3, -0.25) is 0 Å². The molecule has 1 aliphatic rings. The lowest BCUT2D eigenvalue weighted by molar-refractivity contribution is 0.0241. The normalized spacial score (nSPS) is 24.9. The molecule has 0 amide bonds. The van der Waals surface area contributed by atoms with Crippen LogP contribution in [-0.4, -0.2) is 34.7 Å². The van der Waals surface area contributed by atoms with Gasteiger partial charge in [-0.2, -0.15) is 0 Å². The average Bonchev–Trinajstić information content (AvgIpc) is 2.55. The highest BCUT2D eigenvalue weighted by Crippen LogP contribution is 2.28. The average molecular weight is 283 g/mol. The van der Waals surface area contributed by atoms with Crippen LogP contribution in [0.3, 0.4) is 0 Å². The van der Waals surface area contributed by atoms with Crippen molar-refractivity contribution < 1.29 is 13.9 Å². The minimum absolute atomic E-state index is 0.255. The van der Waals surface area contributed by atoms with Crippen molar-refractivity contribution in [2.24, 2.45) is 0 Å². The molecule has 0 aliphatic carbocycles. The number of rotatable bonds is 3. The van der Waals surface area contributed by atoms with Crippen LogP contribution in [-0.2, 0) is 6.42 Å². The fourth-order valence-electron chi connectivity index (χ4n) is 2.91. The Morgan fingerprint density at radius 2 is 2.00 bits per heavy atom. The van der Waals surface area contributed by atoms with Gasteiger partial charge >= 0.3 is 0 Å². The molecule has 0 spiro atoms. The highest BCUT2D eigenvalue weighted by Gasteiger charge is 2.31. The van der Waals surface area contributed by atoms with Crippen LogP contribution in [0.5, 0.6) is 0 Å². The molecule has 1 N–H and O–H groups in total. The first kappa shape index (κ1) is 15.4. The van der Waals surface area contributed by atoms with Gasteiger partial charge in [0.1, 0.15) is 11.6 Å². The molecule has 0 aromatic heterocycles. The van der Waals surface area contributed by atoms with Crippen molar-refractivity contribution in [3.63, 3.8) is 0 Å². The van der Waals surface area contributed by atoms with Crippen LogP contribution in [0.25, 0.3) is 0 Å². The van der Waals surface area contributed by atoms with Gasteiger partial charge in [0.15, 0.2) is 0 Å². The van der Waals surface area contributed by atoms with Crippen molar-refractivity contribution in [3.05, 3.63) is 35.4 Å². The van der Waals surface area contributed by atoms with Crippen molar-refractivity contribution in [2.45, 2.75) is 51.2 Å². The second-order valence-corrected chi connectivity index (χ2v) is 6.12. The third-order valence-corrected chi connectivity index (χ3v) is 4.22. The molecule has 20 heavy (non-hydrogen) atoms. The molecule has 4 heteroatoms. The summed E-state index contributed by atoms with van der Waals surface area (Å²) in [5.74, 6) is -1.14. The van der Waals surface area contributed by atoms with Gasteiger partial charge in [0.25, 0.3) is 0 Å². The quantitative estimate of drug-likeness (QED) is 0.921. The van der Waals surface area contributed by atoms with Crippen LogP contribution in [0.15, 0.2) is 18.2 Å². The minimum Gasteiger partial charge on any atom is -0.389 e. The van der Waals surface area contributed by atoms with E-state index in [2.05, 4.69) is 18.7 Å². The number of hydrogen-bond acceptors (Lipinski definition) is 2. The van der Waals surface area contributed by atoms with E-state index in [0.29, 0.717) is 24.4 Å². The largest absolute Gasteiger partial charge is 0.389 e. The van der Waals surface area contributed by atoms with Crippen molar-refractivity contribution in [2.75, 3.05) is 13.1 Å². The van der Waals surface area contributed by atoms with E-state index in [9.17, 15) is 13.9 Å². The molecule has 2 rings (SSSR count). The number of aliphatic hydroxyl groups is 1. The van der Waals surface area contributed by atoms with E-state index in [1.807, 2.05) is 0 Å². The van der Waals surface area contributed by atoms with E-state index in [0.717, 1.165) is 25.6 Å². The molecule has 112 valence electrons. The second-order valence-electron chi connectivity index (χ2n) is 6.12. The van der Waals surface area contributed by atoms with Gasteiger partial charge in [-0.1, -0.05) is 6.07 Å². The molecule has 1 heterocycles. The van der Waals surface area contributed by atoms with Crippen molar-refractivity contribution in [1.82, 2.24) is 4.90 Å². The summed E-state index contributed by atoms with van der Waals surface area (Å²) in [6, 6.07) is 4.03. The van der Waals surface area contributed by atoms with Crippen molar-refractivity contribution in [3.8, 4) is 0 Å². The van der Waals surface area contributed by atoms with Crippen LogP contribution in [0, 0.1) is 11.6 Å². The molecule has 1 unspecified atom stereocenters. The Balaban J connectivity index is 2.07. The van der Waals surface area contributed by atoms with Crippen LogP contribution in [0.1, 0.15) is 38.7 Å². The highest BCUT2D eigenvalue weighted by molar-refractivity contribution is 5.20. The Bertz CT molecular complexity index is 464. The van der Waals surface area contributed by atoms with E-state index in [-0.39, 0.29) is 6.42 Å². The zero-order chi connectivity index (χ0) is 14.8. The summed E-state index contributed by atoms with van der Waals surface area (Å²) in [6.45, 7) is 6.07. The van der Waals surface area contributed by atoms with Gasteiger partial charge < -0.3 is 10.0 Å². The summed E-state index contributed by atoms with van der Waals surface area (Å²) in [5, 5.41) is 10.7. The fraction of sp³-hybridized carbons (Fsp3) is 0.625. The van der Waals surface area contributed by atoms with Gasteiger partial charge in [0.05, 0.1) is 5.60 Å². The topological polar surface area (TPSA) is 23.5 Å². The lowest BCUT2D eigenvalue weighted by atomic mass is 9.87. The Kier molecular flexibility index (Phi) is 4.76. The van der Waals surface area contributed by atoms with Crippen molar-refractivity contribution in [1.29, 1.82) is 0 Å². The third-order valence-electron chi connectivity index (χ3n) is 4.22. The zero-order valence-electron chi connectivity index (χ0n) is 12.2. The second kappa shape index (κ2) is 6.19. The summed E-state index contributed by atoms with van der Waals surface area (Å²) in [6.07, 6.45) is 2.44. The molecule has 0 radical (unpaired) electrons. The van der Waals surface area contributed by atoms with E-state index < -0.39 is 17.2 Å². The van der Waals surface area contributed by atoms with E-state index in [1.54, 1.807) is 0 Å². The maximum absolute atomic E-state index is 13.7. The Labute approximate surface area is 119 Å². The van der Waals surface area contributed by atoms with E-state index in [1.165, 1.54) is 12.1 Å². The Hall–Kier alpha value is -1.00. The highest BCUT2D eigenvalue weighted by atomic mass is 19.1. The van der Waals surface area contributed by atoms with Crippen LogP contribution < -0.4 is 0 Å². The molecular formula is C16H23F2NO. The van der Waals surface area contributed by atoms with Gasteiger partial charge in [-0.15, -0.1) is 0 Å². The molecule has 0 bridgehead atoms. The van der Waals surface area contributed by atoms with Crippen LogP contribution in [0.4, 0.5) is 8.78 Å². The van der Waals surface area contributed by atoms with E-state index >= 15 is 0 Å². The monoisotopic (exact) mass is 283 g/mol. The molecule has 1 saturated heterocycles. The predicted octanol–water partition coefficient (Wildman–Crippen LogP) is 3.13. The fourth-order valence-corrected chi connectivity index (χ4v) is 2.91. The summed E-state index contributed by atoms with van der Waals surface area (Å²) >= 11 is 0. The first-order chi connectivity index (χ1) is 9.39. The van der Waals surface area contributed by atoms with Gasteiger partial charge in [-0.25, -0.2) is 8.78 Å². The molecule has 0 saturated carbocycles. The van der Waals surface area contributed by atoms with Crippen LogP contribution >= 0.6 is 0 Å². The van der Waals surface area contributed by atoms with Gasteiger partial charge in [0.2, 0.25) is 0 Å². The first-order valence-electron chi connectivity index (χ1n) is 7.30. The smallest absolute Gasteiger partial charge is 0.129 e. The zero-order valence-corrected chi connectivity index (χ0v) is 12.2. The molecular weight excluding hydrogens is 260 g/mol. The predicted molar refractivity (Wildman–Crippen MR) is 75.6 cm³/mol. The van der Waals surface area contributed by atoms with Crippen molar-refractivity contribution >= 4 is 0 Å². The lowest BCUT2D eigenvalue weighted by Gasteiger charge is -2.28. The lowest BCUT2D eigenvalue weighted by Crippen LogP contribution is -2.35. The van der Waals surface area contributed by atoms with Crippen LogP contribution in [0.2, 0.25) is 0 Å². The molecule has 1 aromatic carbocycles. The summed E-state index contributed by atoms with van der Waals surface area (Å²) < 4.78 is 26.6. The molecule has 2 nitrogen and oxygen atoms in total. The molecule has 1 aliphatic heterocycles. The maximum atomic E-state index is 13.7. The number of hydrogen-bond donors (Lipinski definition) is 1.